The van der Waals surface area contributed by atoms with Gasteiger partial charge in [-0.15, -0.1) is 0 Å². The van der Waals surface area contributed by atoms with Crippen molar-refractivity contribution in [3.63, 3.8) is 0 Å². The van der Waals surface area contributed by atoms with Crippen LogP contribution >= 0.6 is 0 Å². The molecule has 4 rings (SSSR count). The standard InChI is InChI=1S/C23H22N2/c1-25-17-19(16-18-10-4-2-5-11-18)23(21-14-8-9-15-22(21)25)24-20-12-6-3-7-13-20/h2-15,19H,16-17H2,1H3. The summed E-state index contributed by atoms with van der Waals surface area (Å²) in [6.45, 7) is 0.984. The van der Waals surface area contributed by atoms with Crippen molar-refractivity contribution in [2.75, 3.05) is 18.5 Å². The Labute approximate surface area is 149 Å². The molecule has 0 spiro atoms. The van der Waals surface area contributed by atoms with E-state index in [0.717, 1.165) is 18.7 Å². The van der Waals surface area contributed by atoms with Gasteiger partial charge in [-0.3, -0.25) is 4.99 Å². The first-order valence-electron chi connectivity index (χ1n) is 8.79. The highest BCUT2D eigenvalue weighted by molar-refractivity contribution is 6.09. The van der Waals surface area contributed by atoms with Gasteiger partial charge >= 0.3 is 0 Å². The largest absolute Gasteiger partial charge is 0.373 e. The van der Waals surface area contributed by atoms with E-state index in [1.807, 2.05) is 18.2 Å². The second-order valence-electron chi connectivity index (χ2n) is 6.62. The summed E-state index contributed by atoms with van der Waals surface area (Å²) < 4.78 is 0. The third kappa shape index (κ3) is 3.34. The number of benzene rings is 3. The zero-order chi connectivity index (χ0) is 17.1. The molecule has 0 fully saturated rings. The van der Waals surface area contributed by atoms with E-state index in [1.54, 1.807) is 0 Å². The fourth-order valence-corrected chi connectivity index (χ4v) is 3.61. The first-order valence-corrected chi connectivity index (χ1v) is 8.79. The molecule has 2 heteroatoms. The van der Waals surface area contributed by atoms with Crippen LogP contribution in [0, 0.1) is 5.92 Å². The van der Waals surface area contributed by atoms with Crippen LogP contribution in [0.5, 0.6) is 0 Å². The summed E-state index contributed by atoms with van der Waals surface area (Å²) in [6.07, 6.45) is 1.01. The lowest BCUT2D eigenvalue weighted by atomic mass is 9.86. The van der Waals surface area contributed by atoms with Gasteiger partial charge in [0.1, 0.15) is 0 Å². The van der Waals surface area contributed by atoms with Gasteiger partial charge in [0, 0.05) is 30.8 Å². The van der Waals surface area contributed by atoms with Crippen molar-refractivity contribution >= 4 is 17.1 Å². The molecule has 0 aliphatic carbocycles. The average molecular weight is 326 g/mol. The van der Waals surface area contributed by atoms with E-state index in [2.05, 4.69) is 78.7 Å². The Morgan fingerprint density at radius 2 is 1.48 bits per heavy atom. The molecular weight excluding hydrogens is 304 g/mol. The summed E-state index contributed by atoms with van der Waals surface area (Å²) in [6, 6.07) is 29.6. The summed E-state index contributed by atoms with van der Waals surface area (Å²) in [5.74, 6) is 0.377. The first-order chi connectivity index (χ1) is 12.3. The molecule has 0 N–H and O–H groups in total. The molecule has 0 radical (unpaired) electrons. The fourth-order valence-electron chi connectivity index (χ4n) is 3.61. The fraction of sp³-hybridized carbons (Fsp3) is 0.174. The number of para-hydroxylation sites is 2. The minimum Gasteiger partial charge on any atom is -0.373 e. The predicted molar refractivity (Wildman–Crippen MR) is 106 cm³/mol. The maximum atomic E-state index is 5.06. The normalized spacial score (nSPS) is 18.2. The Kier molecular flexibility index (Phi) is 4.34. The molecule has 25 heavy (non-hydrogen) atoms. The quantitative estimate of drug-likeness (QED) is 0.652. The van der Waals surface area contributed by atoms with Crippen LogP contribution in [0.2, 0.25) is 0 Å². The van der Waals surface area contributed by atoms with Crippen LogP contribution in [0.4, 0.5) is 11.4 Å². The van der Waals surface area contributed by atoms with E-state index < -0.39 is 0 Å². The van der Waals surface area contributed by atoms with Gasteiger partial charge in [0.15, 0.2) is 0 Å². The van der Waals surface area contributed by atoms with Crippen LogP contribution in [0.25, 0.3) is 0 Å². The Morgan fingerprint density at radius 3 is 2.24 bits per heavy atom. The Morgan fingerprint density at radius 1 is 0.840 bits per heavy atom. The maximum absolute atomic E-state index is 5.06. The molecule has 1 aliphatic rings. The lowest BCUT2D eigenvalue weighted by Crippen LogP contribution is -2.38. The molecule has 0 saturated carbocycles. The zero-order valence-corrected chi connectivity index (χ0v) is 14.5. The van der Waals surface area contributed by atoms with Crippen molar-refractivity contribution in [1.82, 2.24) is 0 Å². The van der Waals surface area contributed by atoms with Gasteiger partial charge < -0.3 is 4.90 Å². The van der Waals surface area contributed by atoms with Crippen molar-refractivity contribution in [2.45, 2.75) is 6.42 Å². The van der Waals surface area contributed by atoms with E-state index >= 15 is 0 Å². The lowest BCUT2D eigenvalue weighted by molar-refractivity contribution is 0.658. The summed E-state index contributed by atoms with van der Waals surface area (Å²) in [5.41, 5.74) is 6.10. The van der Waals surface area contributed by atoms with Crippen molar-refractivity contribution < 1.29 is 0 Å². The van der Waals surface area contributed by atoms with Crippen LogP contribution in [-0.2, 0) is 6.42 Å². The molecule has 3 aromatic carbocycles. The van der Waals surface area contributed by atoms with Gasteiger partial charge in [0.05, 0.1) is 11.4 Å². The molecule has 0 saturated heterocycles. The van der Waals surface area contributed by atoms with Crippen LogP contribution in [-0.4, -0.2) is 19.3 Å². The second-order valence-corrected chi connectivity index (χ2v) is 6.62. The molecule has 1 unspecified atom stereocenters. The monoisotopic (exact) mass is 326 g/mol. The zero-order valence-electron chi connectivity index (χ0n) is 14.5. The summed E-state index contributed by atoms with van der Waals surface area (Å²) >= 11 is 0. The minimum absolute atomic E-state index is 0.377. The van der Waals surface area contributed by atoms with E-state index in [4.69, 9.17) is 4.99 Å². The highest BCUT2D eigenvalue weighted by atomic mass is 15.1. The van der Waals surface area contributed by atoms with Gasteiger partial charge in [0.25, 0.3) is 0 Å². The Balaban J connectivity index is 1.78. The van der Waals surface area contributed by atoms with Crippen molar-refractivity contribution in [1.29, 1.82) is 0 Å². The average Bonchev–Trinajstić information content (AvgIpc) is 2.67. The van der Waals surface area contributed by atoms with Gasteiger partial charge in [-0.25, -0.2) is 0 Å². The highest BCUT2D eigenvalue weighted by Gasteiger charge is 2.28. The molecule has 1 atom stereocenters. The predicted octanol–water partition coefficient (Wildman–Crippen LogP) is 5.12. The Hall–Kier alpha value is -2.87. The van der Waals surface area contributed by atoms with E-state index in [-0.39, 0.29) is 0 Å². The highest BCUT2D eigenvalue weighted by Crippen LogP contribution is 2.32. The molecule has 124 valence electrons. The number of nitrogens with zero attached hydrogens (tertiary/aromatic N) is 2. The third-order valence-corrected chi connectivity index (χ3v) is 4.80. The number of rotatable bonds is 3. The van der Waals surface area contributed by atoms with Crippen LogP contribution in [0.3, 0.4) is 0 Å². The minimum atomic E-state index is 0.377. The second kappa shape index (κ2) is 6.94. The summed E-state index contributed by atoms with van der Waals surface area (Å²) in [5, 5.41) is 0. The molecule has 0 aromatic heterocycles. The summed E-state index contributed by atoms with van der Waals surface area (Å²) in [4.78, 5) is 7.42. The number of anilines is 1. The van der Waals surface area contributed by atoms with Crippen LogP contribution < -0.4 is 4.90 Å². The molecule has 3 aromatic rings. The maximum Gasteiger partial charge on any atom is 0.0633 e. The van der Waals surface area contributed by atoms with Crippen LogP contribution in [0.15, 0.2) is 89.9 Å². The molecule has 0 amide bonds. The van der Waals surface area contributed by atoms with Gasteiger partial charge in [0.2, 0.25) is 0 Å². The number of fused-ring (bicyclic) bond motifs is 1. The first kappa shape index (κ1) is 15.6. The molecule has 0 bridgehead atoms. The van der Waals surface area contributed by atoms with Gasteiger partial charge in [-0.1, -0.05) is 66.7 Å². The summed E-state index contributed by atoms with van der Waals surface area (Å²) in [7, 11) is 2.18. The number of aliphatic imine (C=N–C) groups is 1. The number of hydrogen-bond acceptors (Lipinski definition) is 2. The molecule has 2 nitrogen and oxygen atoms in total. The van der Waals surface area contributed by atoms with Crippen molar-refractivity contribution in [2.24, 2.45) is 10.9 Å². The van der Waals surface area contributed by atoms with Crippen LogP contribution in [0.1, 0.15) is 11.1 Å². The van der Waals surface area contributed by atoms with E-state index in [0.29, 0.717) is 5.92 Å². The molecule has 1 heterocycles. The molecular formula is C23H22N2. The number of hydrogen-bond donors (Lipinski definition) is 0. The Bertz CT molecular complexity index is 869. The van der Waals surface area contributed by atoms with Crippen molar-refractivity contribution in [3.8, 4) is 0 Å². The van der Waals surface area contributed by atoms with Gasteiger partial charge in [-0.05, 0) is 30.2 Å². The van der Waals surface area contributed by atoms with Crippen molar-refractivity contribution in [3.05, 3.63) is 96.1 Å². The van der Waals surface area contributed by atoms with Gasteiger partial charge in [-0.2, -0.15) is 0 Å². The van der Waals surface area contributed by atoms with E-state index in [1.165, 1.54) is 22.5 Å². The third-order valence-electron chi connectivity index (χ3n) is 4.80. The van der Waals surface area contributed by atoms with E-state index in [9.17, 15) is 0 Å². The molecule has 1 aliphatic heterocycles. The topological polar surface area (TPSA) is 15.6 Å². The smallest absolute Gasteiger partial charge is 0.0633 e. The lowest BCUT2D eigenvalue weighted by Gasteiger charge is -2.35. The SMILES string of the molecule is CN1CC(Cc2ccccc2)C(=Nc2ccccc2)c2ccccc21.